The van der Waals surface area contributed by atoms with E-state index in [0.29, 0.717) is 22.3 Å². The standard InChI is InChI=1S/C25H18Br2ClNO3S/c1-15-3-2-4-17(9-15)13-29-24(30)22(33-25(29)31)12-18-10-20(26)23(21(27)11-18)32-14-16-5-7-19(28)8-6-16/h2-12H,13-14H2,1H3/b22-12-. The van der Waals surface area contributed by atoms with E-state index in [0.717, 1.165) is 43.0 Å². The van der Waals surface area contributed by atoms with Gasteiger partial charge in [-0.3, -0.25) is 14.5 Å². The summed E-state index contributed by atoms with van der Waals surface area (Å²) in [6.07, 6.45) is 1.72. The van der Waals surface area contributed by atoms with Crippen LogP contribution < -0.4 is 4.74 Å². The van der Waals surface area contributed by atoms with Crippen LogP contribution in [0.15, 0.2) is 74.5 Å². The van der Waals surface area contributed by atoms with Gasteiger partial charge < -0.3 is 4.74 Å². The third-order valence-electron chi connectivity index (χ3n) is 4.91. The van der Waals surface area contributed by atoms with Crippen LogP contribution in [0.4, 0.5) is 4.79 Å². The lowest BCUT2D eigenvalue weighted by atomic mass is 10.1. The molecule has 1 aliphatic heterocycles. The Labute approximate surface area is 218 Å². The van der Waals surface area contributed by atoms with E-state index in [9.17, 15) is 9.59 Å². The van der Waals surface area contributed by atoms with Gasteiger partial charge in [-0.1, -0.05) is 53.6 Å². The van der Waals surface area contributed by atoms with Crippen molar-refractivity contribution in [3.05, 3.63) is 102 Å². The van der Waals surface area contributed by atoms with Gasteiger partial charge >= 0.3 is 0 Å². The molecule has 0 aliphatic carbocycles. The molecule has 0 radical (unpaired) electrons. The van der Waals surface area contributed by atoms with Crippen LogP contribution in [0, 0.1) is 6.92 Å². The first-order valence-electron chi connectivity index (χ1n) is 9.97. The SMILES string of the molecule is Cc1cccc(CN2C(=O)S/C(=C\c3cc(Br)c(OCc4ccc(Cl)cc4)c(Br)c3)C2=O)c1. The Morgan fingerprint density at radius 2 is 1.70 bits per heavy atom. The van der Waals surface area contributed by atoms with Gasteiger partial charge in [0.1, 0.15) is 12.4 Å². The second kappa shape index (κ2) is 10.5. The highest BCUT2D eigenvalue weighted by molar-refractivity contribution is 9.11. The smallest absolute Gasteiger partial charge is 0.293 e. The maximum absolute atomic E-state index is 12.9. The van der Waals surface area contributed by atoms with E-state index < -0.39 is 0 Å². The van der Waals surface area contributed by atoms with Crippen LogP contribution in [-0.4, -0.2) is 16.0 Å². The van der Waals surface area contributed by atoms with Crippen molar-refractivity contribution in [2.75, 3.05) is 0 Å². The molecular formula is C25H18Br2ClNO3S. The number of aryl methyl sites for hydroxylation is 1. The molecule has 4 nitrogen and oxygen atoms in total. The molecular weight excluding hydrogens is 590 g/mol. The summed E-state index contributed by atoms with van der Waals surface area (Å²) < 4.78 is 7.42. The molecule has 1 heterocycles. The molecule has 33 heavy (non-hydrogen) atoms. The Bertz CT molecular complexity index is 1240. The van der Waals surface area contributed by atoms with Crippen LogP contribution in [0.2, 0.25) is 5.02 Å². The second-order valence-electron chi connectivity index (χ2n) is 7.49. The van der Waals surface area contributed by atoms with Crippen molar-refractivity contribution in [3.63, 3.8) is 0 Å². The largest absolute Gasteiger partial charge is 0.487 e. The molecule has 2 amide bonds. The summed E-state index contributed by atoms with van der Waals surface area (Å²) in [7, 11) is 0. The minimum Gasteiger partial charge on any atom is -0.487 e. The van der Waals surface area contributed by atoms with E-state index >= 15 is 0 Å². The summed E-state index contributed by atoms with van der Waals surface area (Å²) in [4.78, 5) is 27.0. The zero-order valence-corrected chi connectivity index (χ0v) is 22.2. The second-order valence-corrected chi connectivity index (χ2v) is 10.6. The molecule has 0 unspecified atom stereocenters. The Kier molecular flexibility index (Phi) is 7.64. The summed E-state index contributed by atoms with van der Waals surface area (Å²) in [5, 5.41) is 0.405. The zero-order valence-electron chi connectivity index (χ0n) is 17.5. The molecule has 4 rings (SSSR count). The molecule has 0 bridgehead atoms. The highest BCUT2D eigenvalue weighted by Crippen LogP contribution is 2.38. The molecule has 1 aliphatic rings. The van der Waals surface area contributed by atoms with Crippen molar-refractivity contribution in [1.29, 1.82) is 0 Å². The molecule has 0 aromatic heterocycles. The van der Waals surface area contributed by atoms with Gasteiger partial charge in [0.2, 0.25) is 0 Å². The summed E-state index contributed by atoms with van der Waals surface area (Å²) in [5.74, 6) is 0.358. The Morgan fingerprint density at radius 1 is 1.00 bits per heavy atom. The first kappa shape index (κ1) is 24.1. The van der Waals surface area contributed by atoms with Crippen LogP contribution in [0.25, 0.3) is 6.08 Å². The minimum absolute atomic E-state index is 0.258. The van der Waals surface area contributed by atoms with Gasteiger partial charge in [0.05, 0.1) is 20.4 Å². The number of hydrogen-bond donors (Lipinski definition) is 0. The van der Waals surface area contributed by atoms with E-state index in [-0.39, 0.29) is 17.7 Å². The van der Waals surface area contributed by atoms with E-state index in [2.05, 4.69) is 31.9 Å². The lowest BCUT2D eigenvalue weighted by Crippen LogP contribution is -2.27. The summed E-state index contributed by atoms with van der Waals surface area (Å²) in [6, 6.07) is 19.0. The van der Waals surface area contributed by atoms with E-state index in [4.69, 9.17) is 16.3 Å². The molecule has 3 aromatic carbocycles. The third-order valence-corrected chi connectivity index (χ3v) is 7.25. The minimum atomic E-state index is -0.290. The van der Waals surface area contributed by atoms with Gasteiger partial charge in [-0.25, -0.2) is 0 Å². The number of ether oxygens (including phenoxy) is 1. The Hall–Kier alpha value is -2.06. The van der Waals surface area contributed by atoms with Gasteiger partial charge in [-0.15, -0.1) is 0 Å². The number of halogens is 3. The van der Waals surface area contributed by atoms with Crippen LogP contribution in [0.1, 0.15) is 22.3 Å². The lowest BCUT2D eigenvalue weighted by molar-refractivity contribution is -0.123. The van der Waals surface area contributed by atoms with Gasteiger partial charge in [-0.05, 0) is 97.6 Å². The first-order chi connectivity index (χ1) is 15.8. The van der Waals surface area contributed by atoms with Crippen molar-refractivity contribution < 1.29 is 14.3 Å². The Balaban J connectivity index is 1.49. The number of carbonyl (C=O) groups excluding carboxylic acids is 2. The van der Waals surface area contributed by atoms with Crippen molar-refractivity contribution >= 4 is 72.4 Å². The number of amides is 2. The highest BCUT2D eigenvalue weighted by atomic mass is 79.9. The van der Waals surface area contributed by atoms with Crippen LogP contribution in [-0.2, 0) is 17.9 Å². The lowest BCUT2D eigenvalue weighted by Gasteiger charge is -2.13. The molecule has 168 valence electrons. The van der Waals surface area contributed by atoms with Gasteiger partial charge in [0, 0.05) is 5.02 Å². The summed E-state index contributed by atoms with van der Waals surface area (Å²) >= 11 is 14.0. The fourth-order valence-electron chi connectivity index (χ4n) is 3.32. The van der Waals surface area contributed by atoms with E-state index in [1.165, 1.54) is 4.90 Å². The third kappa shape index (κ3) is 5.90. The number of thioether (sulfide) groups is 1. The monoisotopic (exact) mass is 605 g/mol. The fraction of sp³-hybridized carbons (Fsp3) is 0.120. The zero-order chi connectivity index (χ0) is 23.5. The summed E-state index contributed by atoms with van der Waals surface area (Å²) in [6.45, 7) is 2.62. The topological polar surface area (TPSA) is 46.6 Å². The summed E-state index contributed by atoms with van der Waals surface area (Å²) in [5.41, 5.74) is 3.77. The van der Waals surface area contributed by atoms with E-state index in [1.807, 2.05) is 67.6 Å². The molecule has 0 atom stereocenters. The number of nitrogens with zero attached hydrogens (tertiary/aromatic N) is 1. The average molecular weight is 608 g/mol. The van der Waals surface area contributed by atoms with Gasteiger partial charge in [-0.2, -0.15) is 0 Å². The van der Waals surface area contributed by atoms with Crippen LogP contribution >= 0.6 is 55.2 Å². The normalized spacial score (nSPS) is 14.9. The predicted molar refractivity (Wildman–Crippen MR) is 140 cm³/mol. The molecule has 0 spiro atoms. The maximum atomic E-state index is 12.9. The van der Waals surface area contributed by atoms with Crippen molar-refractivity contribution in [2.45, 2.75) is 20.1 Å². The first-order valence-corrected chi connectivity index (χ1v) is 12.8. The Morgan fingerprint density at radius 3 is 2.36 bits per heavy atom. The highest BCUT2D eigenvalue weighted by Gasteiger charge is 2.35. The number of hydrogen-bond acceptors (Lipinski definition) is 4. The molecule has 1 fully saturated rings. The molecule has 0 N–H and O–H groups in total. The van der Waals surface area contributed by atoms with Gasteiger partial charge in [0.15, 0.2) is 0 Å². The quantitative estimate of drug-likeness (QED) is 0.267. The van der Waals surface area contributed by atoms with Crippen LogP contribution in [0.5, 0.6) is 5.75 Å². The van der Waals surface area contributed by atoms with Crippen molar-refractivity contribution in [1.82, 2.24) is 4.90 Å². The van der Waals surface area contributed by atoms with Crippen LogP contribution in [0.3, 0.4) is 0 Å². The molecule has 1 saturated heterocycles. The molecule has 0 saturated carbocycles. The molecule has 8 heteroatoms. The molecule has 3 aromatic rings. The number of carbonyl (C=O) groups is 2. The maximum Gasteiger partial charge on any atom is 0.293 e. The fourth-order valence-corrected chi connectivity index (χ4v) is 5.73. The van der Waals surface area contributed by atoms with Gasteiger partial charge in [0.25, 0.3) is 11.1 Å². The number of benzene rings is 3. The van der Waals surface area contributed by atoms with E-state index in [1.54, 1.807) is 6.08 Å². The predicted octanol–water partition coefficient (Wildman–Crippen LogP) is 7.99. The van der Waals surface area contributed by atoms with Crippen molar-refractivity contribution in [2.24, 2.45) is 0 Å². The number of imide groups is 1. The number of rotatable bonds is 6. The van der Waals surface area contributed by atoms with Crippen molar-refractivity contribution in [3.8, 4) is 5.75 Å². The average Bonchev–Trinajstić information content (AvgIpc) is 3.02.